The molecule has 0 aliphatic heterocycles. The molecule has 114 valence electrons. The molecule has 4 nitrogen and oxygen atoms in total. The van der Waals surface area contributed by atoms with Crippen LogP contribution >= 0.6 is 0 Å². The van der Waals surface area contributed by atoms with Gasteiger partial charge in [0.05, 0.1) is 11.7 Å². The summed E-state index contributed by atoms with van der Waals surface area (Å²) in [5.41, 5.74) is 1.02. The van der Waals surface area contributed by atoms with Crippen molar-refractivity contribution in [1.29, 1.82) is 0 Å². The summed E-state index contributed by atoms with van der Waals surface area (Å²) in [5.74, 6) is -1.50. The molecule has 2 rings (SSSR count). The highest BCUT2D eigenvalue weighted by atomic mass is 19.1. The van der Waals surface area contributed by atoms with E-state index in [4.69, 9.17) is 0 Å². The molecule has 0 radical (unpaired) electrons. The van der Waals surface area contributed by atoms with Crippen LogP contribution in [0.25, 0.3) is 0 Å². The predicted molar refractivity (Wildman–Crippen MR) is 82.6 cm³/mol. The van der Waals surface area contributed by atoms with Gasteiger partial charge in [-0.05, 0) is 24.6 Å². The van der Waals surface area contributed by atoms with Crippen LogP contribution in [0.4, 0.5) is 10.1 Å². The molecule has 0 fully saturated rings. The molecule has 0 bridgehead atoms. The first-order valence-corrected chi connectivity index (χ1v) is 6.95. The molecule has 0 aliphatic rings. The summed E-state index contributed by atoms with van der Waals surface area (Å²) in [7, 11) is 0. The van der Waals surface area contributed by atoms with Crippen molar-refractivity contribution in [3.63, 3.8) is 0 Å². The first kappa shape index (κ1) is 15.7. The van der Waals surface area contributed by atoms with E-state index in [1.54, 1.807) is 6.07 Å². The van der Waals surface area contributed by atoms with Gasteiger partial charge in [0.1, 0.15) is 12.2 Å². The van der Waals surface area contributed by atoms with E-state index < -0.39 is 17.6 Å². The second-order valence-electron chi connectivity index (χ2n) is 4.90. The Morgan fingerprint density at radius 2 is 1.64 bits per heavy atom. The van der Waals surface area contributed by atoms with Crippen LogP contribution in [0.15, 0.2) is 54.6 Å². The van der Waals surface area contributed by atoms with Gasteiger partial charge in [0, 0.05) is 0 Å². The fourth-order valence-electron chi connectivity index (χ4n) is 2.02. The van der Waals surface area contributed by atoms with E-state index >= 15 is 0 Å². The average molecular weight is 300 g/mol. The molecule has 0 aromatic heterocycles. The monoisotopic (exact) mass is 300 g/mol. The third-order valence-corrected chi connectivity index (χ3v) is 3.15. The van der Waals surface area contributed by atoms with E-state index in [2.05, 4.69) is 10.6 Å². The van der Waals surface area contributed by atoms with E-state index in [1.165, 1.54) is 18.2 Å². The molecule has 0 aliphatic carbocycles. The molecular formula is C17H17FN2O2. The summed E-state index contributed by atoms with van der Waals surface area (Å²) < 4.78 is 13.4. The molecule has 2 amide bonds. The Balaban J connectivity index is 1.87. The fraction of sp³-hybridized carbons (Fsp3) is 0.176. The maximum absolute atomic E-state index is 13.4. The minimum absolute atomic E-state index is 0.0661. The lowest BCUT2D eigenvalue weighted by atomic mass is 10.1. The van der Waals surface area contributed by atoms with E-state index in [0.29, 0.717) is 0 Å². The average Bonchev–Trinajstić information content (AvgIpc) is 2.50. The number of para-hydroxylation sites is 1. The number of halogens is 1. The Morgan fingerprint density at radius 3 is 2.32 bits per heavy atom. The van der Waals surface area contributed by atoms with Gasteiger partial charge >= 0.3 is 0 Å². The minimum Gasteiger partial charge on any atom is -0.349 e. The molecule has 5 heteroatoms. The largest absolute Gasteiger partial charge is 0.349 e. The maximum atomic E-state index is 13.4. The summed E-state index contributed by atoms with van der Waals surface area (Å²) in [6, 6.07) is 15.1. The Hall–Kier alpha value is -2.69. The van der Waals surface area contributed by atoms with Crippen molar-refractivity contribution >= 4 is 17.5 Å². The molecule has 2 aromatic rings. The molecular weight excluding hydrogens is 283 g/mol. The van der Waals surface area contributed by atoms with Crippen molar-refractivity contribution in [1.82, 2.24) is 5.32 Å². The standard InChI is InChI=1S/C17H17FN2O2/c1-12(13-7-3-2-4-8-13)19-16(21)11-17(22)20-15-10-6-5-9-14(15)18/h2-10,12H,11H2,1H3,(H,19,21)(H,20,22)/t12-/m0/s1. The quantitative estimate of drug-likeness (QED) is 0.834. The number of benzene rings is 2. The summed E-state index contributed by atoms with van der Waals surface area (Å²) >= 11 is 0. The highest BCUT2D eigenvalue weighted by Crippen LogP contribution is 2.13. The van der Waals surface area contributed by atoms with Gasteiger partial charge in [-0.3, -0.25) is 9.59 Å². The fourth-order valence-corrected chi connectivity index (χ4v) is 2.02. The summed E-state index contributed by atoms with van der Waals surface area (Å²) in [6.45, 7) is 1.84. The second kappa shape index (κ2) is 7.36. The number of hydrogen-bond acceptors (Lipinski definition) is 2. The van der Waals surface area contributed by atoms with Gasteiger partial charge < -0.3 is 10.6 Å². The van der Waals surface area contributed by atoms with Crippen LogP contribution in [0.3, 0.4) is 0 Å². The minimum atomic E-state index is -0.553. The van der Waals surface area contributed by atoms with Crippen LogP contribution < -0.4 is 10.6 Å². The number of carbonyl (C=O) groups excluding carboxylic acids is 2. The second-order valence-corrected chi connectivity index (χ2v) is 4.90. The Bertz CT molecular complexity index is 659. The van der Waals surface area contributed by atoms with Crippen molar-refractivity contribution < 1.29 is 14.0 Å². The normalized spacial score (nSPS) is 11.5. The van der Waals surface area contributed by atoms with E-state index in [1.807, 2.05) is 37.3 Å². The molecule has 0 heterocycles. The zero-order valence-corrected chi connectivity index (χ0v) is 12.2. The Morgan fingerprint density at radius 1 is 1.00 bits per heavy atom. The lowest BCUT2D eigenvalue weighted by molar-refractivity contribution is -0.127. The van der Waals surface area contributed by atoms with Crippen molar-refractivity contribution in [2.24, 2.45) is 0 Å². The number of carbonyl (C=O) groups is 2. The van der Waals surface area contributed by atoms with Crippen molar-refractivity contribution in [3.8, 4) is 0 Å². The van der Waals surface area contributed by atoms with Gasteiger partial charge in [0.2, 0.25) is 11.8 Å². The molecule has 0 unspecified atom stereocenters. The van der Waals surface area contributed by atoms with Gasteiger partial charge in [-0.15, -0.1) is 0 Å². The molecule has 0 saturated carbocycles. The van der Waals surface area contributed by atoms with Crippen molar-refractivity contribution in [2.75, 3.05) is 5.32 Å². The first-order chi connectivity index (χ1) is 10.6. The zero-order valence-electron chi connectivity index (χ0n) is 12.2. The van der Waals surface area contributed by atoms with Crippen molar-refractivity contribution in [2.45, 2.75) is 19.4 Å². The highest BCUT2D eigenvalue weighted by molar-refractivity contribution is 6.03. The maximum Gasteiger partial charge on any atom is 0.233 e. The Labute approximate surface area is 128 Å². The molecule has 2 aromatic carbocycles. The highest BCUT2D eigenvalue weighted by Gasteiger charge is 2.14. The SMILES string of the molecule is C[C@H](NC(=O)CC(=O)Nc1ccccc1F)c1ccccc1. The molecule has 1 atom stereocenters. The van der Waals surface area contributed by atoms with Crippen LogP contribution in [-0.4, -0.2) is 11.8 Å². The third kappa shape index (κ3) is 4.41. The zero-order chi connectivity index (χ0) is 15.9. The van der Waals surface area contributed by atoms with E-state index in [-0.39, 0.29) is 18.2 Å². The van der Waals surface area contributed by atoms with Crippen LogP contribution in [0.2, 0.25) is 0 Å². The van der Waals surface area contributed by atoms with E-state index in [9.17, 15) is 14.0 Å². The number of nitrogens with one attached hydrogen (secondary N) is 2. The van der Waals surface area contributed by atoms with Gasteiger partial charge in [-0.2, -0.15) is 0 Å². The summed E-state index contributed by atoms with van der Waals surface area (Å²) in [5, 5.41) is 5.11. The van der Waals surface area contributed by atoms with Crippen LogP contribution in [0, 0.1) is 5.82 Å². The Kier molecular flexibility index (Phi) is 5.25. The molecule has 2 N–H and O–H groups in total. The number of rotatable bonds is 5. The first-order valence-electron chi connectivity index (χ1n) is 6.95. The van der Waals surface area contributed by atoms with Crippen LogP contribution in [0.5, 0.6) is 0 Å². The predicted octanol–water partition coefficient (Wildman–Crippen LogP) is 3.03. The van der Waals surface area contributed by atoms with Gasteiger partial charge in [-0.25, -0.2) is 4.39 Å². The van der Waals surface area contributed by atoms with Crippen LogP contribution in [-0.2, 0) is 9.59 Å². The number of anilines is 1. The lowest BCUT2D eigenvalue weighted by Crippen LogP contribution is -2.30. The van der Waals surface area contributed by atoms with E-state index in [0.717, 1.165) is 5.56 Å². The summed E-state index contributed by atoms with van der Waals surface area (Å²) in [4.78, 5) is 23.6. The van der Waals surface area contributed by atoms with Gasteiger partial charge in [-0.1, -0.05) is 42.5 Å². The smallest absolute Gasteiger partial charge is 0.233 e. The summed E-state index contributed by atoms with van der Waals surface area (Å²) in [6.07, 6.45) is -0.356. The molecule has 0 spiro atoms. The lowest BCUT2D eigenvalue weighted by Gasteiger charge is -2.14. The van der Waals surface area contributed by atoms with Crippen LogP contribution in [0.1, 0.15) is 24.9 Å². The third-order valence-electron chi connectivity index (χ3n) is 3.15. The number of hydrogen-bond donors (Lipinski definition) is 2. The van der Waals surface area contributed by atoms with Gasteiger partial charge in [0.25, 0.3) is 0 Å². The molecule has 22 heavy (non-hydrogen) atoms. The van der Waals surface area contributed by atoms with Gasteiger partial charge in [0.15, 0.2) is 0 Å². The van der Waals surface area contributed by atoms with Crippen molar-refractivity contribution in [3.05, 3.63) is 66.0 Å². The number of amides is 2. The molecule has 0 saturated heterocycles. The topological polar surface area (TPSA) is 58.2 Å².